The highest BCUT2D eigenvalue weighted by atomic mass is 16.5. The van der Waals surface area contributed by atoms with E-state index < -0.39 is 5.60 Å². The molecular formula is C14H17N3O2. The molecule has 2 aromatic rings. The first-order valence-electron chi connectivity index (χ1n) is 6.44. The molecule has 2 heterocycles. The van der Waals surface area contributed by atoms with E-state index in [0.29, 0.717) is 11.7 Å². The van der Waals surface area contributed by atoms with Gasteiger partial charge in [-0.1, -0.05) is 11.2 Å². The van der Waals surface area contributed by atoms with Gasteiger partial charge in [0, 0.05) is 17.9 Å². The number of hydrogen-bond donors (Lipinski definition) is 1. The Hall–Kier alpha value is -1.88. The molecule has 100 valence electrons. The summed E-state index contributed by atoms with van der Waals surface area (Å²) in [7, 11) is 0. The summed E-state index contributed by atoms with van der Waals surface area (Å²) in [5.41, 5.74) is 8.03. The summed E-state index contributed by atoms with van der Waals surface area (Å²) in [5, 5.41) is 4.07. The van der Waals surface area contributed by atoms with E-state index in [0.717, 1.165) is 36.3 Å². The normalized spacial score (nSPS) is 22.8. The number of rotatable bonds is 2. The van der Waals surface area contributed by atoms with E-state index in [9.17, 15) is 0 Å². The third-order valence-corrected chi connectivity index (χ3v) is 3.72. The molecule has 0 amide bonds. The summed E-state index contributed by atoms with van der Waals surface area (Å²) in [6.07, 6.45) is 1.94. The summed E-state index contributed by atoms with van der Waals surface area (Å²) in [5.74, 6) is 1.11. The van der Waals surface area contributed by atoms with Crippen LogP contribution in [-0.2, 0) is 10.3 Å². The lowest BCUT2D eigenvalue weighted by Crippen LogP contribution is -2.21. The first-order valence-corrected chi connectivity index (χ1v) is 6.44. The van der Waals surface area contributed by atoms with Crippen LogP contribution in [-0.4, -0.2) is 16.7 Å². The molecule has 1 unspecified atom stereocenters. The van der Waals surface area contributed by atoms with Crippen LogP contribution < -0.4 is 5.73 Å². The van der Waals surface area contributed by atoms with Crippen LogP contribution in [0.5, 0.6) is 0 Å². The molecule has 0 saturated carbocycles. The summed E-state index contributed by atoms with van der Waals surface area (Å²) < 4.78 is 11.1. The minimum atomic E-state index is -0.421. The standard InChI is InChI=1S/C14H17N3O2/c1-9-10(5-3-6-11(9)15)12-16-13(17-19-12)14(2)7-4-8-18-14/h3,5-6H,4,7-8,15H2,1-2H3. The molecule has 1 aromatic carbocycles. The molecular weight excluding hydrogens is 242 g/mol. The van der Waals surface area contributed by atoms with Gasteiger partial charge in [0.25, 0.3) is 5.89 Å². The number of aromatic nitrogens is 2. The van der Waals surface area contributed by atoms with Crippen LogP contribution in [0.4, 0.5) is 5.69 Å². The van der Waals surface area contributed by atoms with Gasteiger partial charge < -0.3 is 15.0 Å². The predicted molar refractivity (Wildman–Crippen MR) is 71.4 cm³/mol. The molecule has 1 saturated heterocycles. The summed E-state index contributed by atoms with van der Waals surface area (Å²) in [6.45, 7) is 4.70. The van der Waals surface area contributed by atoms with Crippen LogP contribution in [0.25, 0.3) is 11.5 Å². The van der Waals surface area contributed by atoms with E-state index in [1.807, 2.05) is 32.0 Å². The number of nitrogen functional groups attached to an aromatic ring is 1. The molecule has 0 aliphatic carbocycles. The zero-order valence-corrected chi connectivity index (χ0v) is 11.1. The number of benzene rings is 1. The molecule has 1 aliphatic rings. The van der Waals surface area contributed by atoms with Crippen molar-refractivity contribution < 1.29 is 9.26 Å². The Morgan fingerprint density at radius 3 is 2.95 bits per heavy atom. The highest BCUT2D eigenvalue weighted by Crippen LogP contribution is 2.35. The van der Waals surface area contributed by atoms with Crippen molar-refractivity contribution >= 4 is 5.69 Å². The quantitative estimate of drug-likeness (QED) is 0.839. The Morgan fingerprint density at radius 2 is 2.21 bits per heavy atom. The first kappa shape index (κ1) is 12.2. The third-order valence-electron chi connectivity index (χ3n) is 3.72. The Kier molecular flexibility index (Phi) is 2.78. The molecule has 1 fully saturated rings. The first-order chi connectivity index (χ1) is 9.10. The van der Waals surface area contributed by atoms with E-state index in [4.69, 9.17) is 15.0 Å². The molecule has 1 aromatic heterocycles. The number of ether oxygens (including phenoxy) is 1. The zero-order chi connectivity index (χ0) is 13.5. The average molecular weight is 259 g/mol. The Labute approximate surface area is 111 Å². The SMILES string of the molecule is Cc1c(N)cccc1-c1nc(C2(C)CCCO2)no1. The van der Waals surface area contributed by atoms with Crippen molar-refractivity contribution in [2.24, 2.45) is 0 Å². The lowest BCUT2D eigenvalue weighted by Gasteiger charge is -2.17. The zero-order valence-electron chi connectivity index (χ0n) is 11.1. The van der Waals surface area contributed by atoms with Gasteiger partial charge in [-0.15, -0.1) is 0 Å². The number of anilines is 1. The van der Waals surface area contributed by atoms with Crippen molar-refractivity contribution in [3.63, 3.8) is 0 Å². The summed E-state index contributed by atoms with van der Waals surface area (Å²) in [6, 6.07) is 5.67. The van der Waals surface area contributed by atoms with Crippen molar-refractivity contribution in [2.45, 2.75) is 32.3 Å². The molecule has 1 atom stereocenters. The van der Waals surface area contributed by atoms with Crippen molar-refractivity contribution in [2.75, 3.05) is 12.3 Å². The van der Waals surface area contributed by atoms with Gasteiger partial charge in [0.15, 0.2) is 0 Å². The second-order valence-corrected chi connectivity index (χ2v) is 5.13. The average Bonchev–Trinajstić information content (AvgIpc) is 3.02. The topological polar surface area (TPSA) is 74.2 Å². The van der Waals surface area contributed by atoms with Gasteiger partial charge in [0.1, 0.15) is 5.60 Å². The molecule has 5 heteroatoms. The van der Waals surface area contributed by atoms with Gasteiger partial charge in [-0.2, -0.15) is 4.98 Å². The lowest BCUT2D eigenvalue weighted by molar-refractivity contribution is 0.00768. The molecule has 1 aliphatic heterocycles. The van der Waals surface area contributed by atoms with Crippen molar-refractivity contribution in [1.29, 1.82) is 0 Å². The maximum atomic E-state index is 5.90. The highest BCUT2D eigenvalue weighted by Gasteiger charge is 2.36. The maximum Gasteiger partial charge on any atom is 0.258 e. The number of hydrogen-bond acceptors (Lipinski definition) is 5. The van der Waals surface area contributed by atoms with Crippen LogP contribution in [0.2, 0.25) is 0 Å². The minimum absolute atomic E-state index is 0.421. The fourth-order valence-corrected chi connectivity index (χ4v) is 2.39. The van der Waals surface area contributed by atoms with Gasteiger partial charge in [0.2, 0.25) is 5.82 Å². The predicted octanol–water partition coefficient (Wildman–Crippen LogP) is 2.65. The van der Waals surface area contributed by atoms with E-state index >= 15 is 0 Å². The molecule has 0 spiro atoms. The second kappa shape index (κ2) is 4.35. The van der Waals surface area contributed by atoms with Crippen LogP contribution in [0.3, 0.4) is 0 Å². The Bertz CT molecular complexity index is 600. The molecule has 2 N–H and O–H groups in total. The second-order valence-electron chi connectivity index (χ2n) is 5.13. The lowest BCUT2D eigenvalue weighted by atomic mass is 10.0. The fourth-order valence-electron chi connectivity index (χ4n) is 2.39. The van der Waals surface area contributed by atoms with Crippen LogP contribution >= 0.6 is 0 Å². The number of nitrogens with two attached hydrogens (primary N) is 1. The van der Waals surface area contributed by atoms with Crippen LogP contribution in [0, 0.1) is 6.92 Å². The van der Waals surface area contributed by atoms with Gasteiger partial charge in [-0.05, 0) is 44.4 Å². The molecule has 0 radical (unpaired) electrons. The van der Waals surface area contributed by atoms with E-state index in [1.165, 1.54) is 0 Å². The molecule has 19 heavy (non-hydrogen) atoms. The monoisotopic (exact) mass is 259 g/mol. The van der Waals surface area contributed by atoms with E-state index in [2.05, 4.69) is 10.1 Å². The van der Waals surface area contributed by atoms with Gasteiger partial charge in [-0.25, -0.2) is 0 Å². The Balaban J connectivity index is 1.99. The number of nitrogens with zero attached hydrogens (tertiary/aromatic N) is 2. The fraction of sp³-hybridized carbons (Fsp3) is 0.429. The highest BCUT2D eigenvalue weighted by molar-refractivity contribution is 5.66. The largest absolute Gasteiger partial charge is 0.398 e. The minimum Gasteiger partial charge on any atom is -0.398 e. The molecule has 0 bridgehead atoms. The van der Waals surface area contributed by atoms with Crippen LogP contribution in [0.15, 0.2) is 22.7 Å². The molecule has 5 nitrogen and oxygen atoms in total. The van der Waals surface area contributed by atoms with Crippen molar-refractivity contribution in [3.05, 3.63) is 29.6 Å². The van der Waals surface area contributed by atoms with Crippen LogP contribution in [0.1, 0.15) is 31.2 Å². The summed E-state index contributed by atoms with van der Waals surface area (Å²) in [4.78, 5) is 4.48. The van der Waals surface area contributed by atoms with Crippen molar-refractivity contribution in [1.82, 2.24) is 10.1 Å². The van der Waals surface area contributed by atoms with E-state index in [1.54, 1.807) is 0 Å². The van der Waals surface area contributed by atoms with Gasteiger partial charge >= 0.3 is 0 Å². The maximum absolute atomic E-state index is 5.90. The third kappa shape index (κ3) is 2.00. The summed E-state index contributed by atoms with van der Waals surface area (Å²) >= 11 is 0. The Morgan fingerprint density at radius 1 is 1.37 bits per heavy atom. The molecule has 3 rings (SSSR count). The van der Waals surface area contributed by atoms with Gasteiger partial charge in [-0.3, -0.25) is 0 Å². The van der Waals surface area contributed by atoms with Gasteiger partial charge in [0.05, 0.1) is 0 Å². The van der Waals surface area contributed by atoms with Crippen molar-refractivity contribution in [3.8, 4) is 11.5 Å². The smallest absolute Gasteiger partial charge is 0.258 e. The van der Waals surface area contributed by atoms with E-state index in [-0.39, 0.29) is 0 Å².